The molecule has 1 aliphatic heterocycles. The predicted octanol–water partition coefficient (Wildman–Crippen LogP) is 24.9. The van der Waals surface area contributed by atoms with Crippen molar-refractivity contribution in [3.05, 3.63) is 0 Å². The summed E-state index contributed by atoms with van der Waals surface area (Å²) in [6, 6.07) is -1.65. The quantitative estimate of drug-likeness (QED) is 0.0143. The average molecular weight is 1680 g/mol. The molecule has 1 heterocycles. The lowest BCUT2D eigenvalue weighted by atomic mass is 9.86. The molecule has 0 aliphatic carbocycles. The fourth-order valence-electron chi connectivity index (χ4n) is 16.1. The van der Waals surface area contributed by atoms with Crippen LogP contribution in [-0.4, -0.2) is 131 Å². The SMILES string of the molecule is CCCCCCCCCCCCCC(=O)O[C@H](CCCCCCCCCCC)CC(=O)NCC(CC)(CO)CO[C@@H]1OC(CO)[C@@H](OP(=O)(O)O)C(OC(=O)C[C@@H](CCCCCCCCCCC)OC(=O)CCCCCCCCCCCCC)[C@@H]1NC(=O)C[C@@H](CCCCCCCCCCC)OC(=O)CCCCCCCCCCCCC. The van der Waals surface area contributed by atoms with E-state index >= 15 is 4.79 Å². The lowest BCUT2D eigenvalue weighted by Gasteiger charge is -2.46. The van der Waals surface area contributed by atoms with E-state index < -0.39 is 112 Å². The molecule has 0 bridgehead atoms. The van der Waals surface area contributed by atoms with Crippen molar-refractivity contribution in [3.63, 3.8) is 0 Å². The molecule has 690 valence electrons. The van der Waals surface area contributed by atoms with Crippen molar-refractivity contribution in [1.82, 2.24) is 10.6 Å². The third-order valence-corrected chi connectivity index (χ3v) is 24.5. The van der Waals surface area contributed by atoms with Crippen LogP contribution in [0.3, 0.4) is 0 Å². The minimum atomic E-state index is -5.53. The summed E-state index contributed by atoms with van der Waals surface area (Å²) in [6.07, 6.45) is 57.2. The van der Waals surface area contributed by atoms with Gasteiger partial charge in [-0.2, -0.15) is 0 Å². The van der Waals surface area contributed by atoms with E-state index in [1.54, 1.807) is 0 Å². The summed E-state index contributed by atoms with van der Waals surface area (Å²) in [4.78, 5) is 107. The van der Waals surface area contributed by atoms with Crippen molar-refractivity contribution in [2.45, 2.75) is 547 Å². The van der Waals surface area contributed by atoms with Gasteiger partial charge in [-0.3, -0.25) is 33.3 Å². The van der Waals surface area contributed by atoms with Crippen LogP contribution in [0.5, 0.6) is 0 Å². The van der Waals surface area contributed by atoms with Crippen molar-refractivity contribution in [3.8, 4) is 0 Å². The summed E-state index contributed by atoms with van der Waals surface area (Å²) >= 11 is 0. The number of aliphatic hydroxyl groups is 2. The molecule has 0 aromatic rings. The van der Waals surface area contributed by atoms with Crippen LogP contribution >= 0.6 is 7.82 Å². The van der Waals surface area contributed by atoms with Crippen LogP contribution in [0.1, 0.15) is 498 Å². The molecule has 1 saturated heterocycles. The number of carbonyl (C=O) groups is 6. The summed E-state index contributed by atoms with van der Waals surface area (Å²) in [5.74, 6) is -3.26. The van der Waals surface area contributed by atoms with Gasteiger partial charge in [0.25, 0.3) is 0 Å². The molecular weight excluding hydrogens is 1500 g/mol. The fourth-order valence-corrected chi connectivity index (χ4v) is 16.7. The molecule has 9 atom stereocenters. The molecule has 20 nitrogen and oxygen atoms in total. The molecule has 0 aromatic heterocycles. The molecule has 0 saturated carbocycles. The van der Waals surface area contributed by atoms with Crippen molar-refractivity contribution in [2.24, 2.45) is 5.41 Å². The van der Waals surface area contributed by atoms with Gasteiger partial charge in [-0.15, -0.1) is 0 Å². The van der Waals surface area contributed by atoms with E-state index in [-0.39, 0.29) is 57.6 Å². The van der Waals surface area contributed by atoms with Crippen LogP contribution in [0.4, 0.5) is 0 Å². The molecule has 0 radical (unpaired) electrons. The highest BCUT2D eigenvalue weighted by Crippen LogP contribution is 2.43. The minimum Gasteiger partial charge on any atom is -0.462 e. The lowest BCUT2D eigenvalue weighted by molar-refractivity contribution is -0.278. The van der Waals surface area contributed by atoms with Gasteiger partial charge in [0.2, 0.25) is 11.8 Å². The Kier molecular flexibility index (Phi) is 75.2. The highest BCUT2D eigenvalue weighted by atomic mass is 31.2. The van der Waals surface area contributed by atoms with E-state index in [0.29, 0.717) is 51.4 Å². The Labute approximate surface area is 715 Å². The number of carbonyl (C=O) groups excluding carboxylic acids is 6. The van der Waals surface area contributed by atoms with Crippen molar-refractivity contribution >= 4 is 43.5 Å². The van der Waals surface area contributed by atoms with Gasteiger partial charge in [0.05, 0.1) is 39.1 Å². The Morgan fingerprint density at radius 1 is 0.368 bits per heavy atom. The van der Waals surface area contributed by atoms with Crippen LogP contribution in [-0.2, 0) is 66.3 Å². The molecule has 3 unspecified atom stereocenters. The molecule has 0 aromatic carbocycles. The molecule has 6 N–H and O–H groups in total. The number of hydrogen-bond donors (Lipinski definition) is 6. The molecule has 2 amide bonds. The standard InChI is InChI=1S/C96H183N2O18P/c1-8-15-21-27-33-39-42-48-54-60-66-72-88(103)111-82(69-63-57-51-45-36-30-24-18-11-4)75-86(101)97-79-96(14-7,80-100)81-110-95-92(98-87(102)76-83(70-64-58-52-46-37-31-25-19-12-5)112-89(104)73-67-61-55-49-43-40-34-28-22-16-9-2)94(93(85(78-99)114-95)116-117(107,108)109)115-91(106)77-84(71-65-59-53-47-38-32-26-20-13-6)113-90(105)74-68-62-56-50-44-41-35-29-23-17-10-3/h82-85,92-95,99-100H,8-81H2,1-7H3,(H,97,101)(H,98,102)(H2,107,108,109)/t82-,83-,84-,85?,92+,93-,94?,95-,96?/m1/s1. The number of esters is 4. The van der Waals surface area contributed by atoms with Crippen molar-refractivity contribution in [2.75, 3.05) is 26.4 Å². The number of nitrogens with one attached hydrogen (secondary N) is 2. The first-order chi connectivity index (χ1) is 56.9. The predicted molar refractivity (Wildman–Crippen MR) is 476 cm³/mol. The zero-order valence-corrected chi connectivity index (χ0v) is 77.3. The highest BCUT2D eigenvalue weighted by molar-refractivity contribution is 7.46. The van der Waals surface area contributed by atoms with Crippen molar-refractivity contribution in [1.29, 1.82) is 0 Å². The summed E-state index contributed by atoms with van der Waals surface area (Å²) in [5.41, 5.74) is -1.24. The molecule has 1 fully saturated rings. The molecule has 1 rings (SSSR count). The topological polar surface area (TPSA) is 289 Å². The number of rotatable bonds is 87. The van der Waals surface area contributed by atoms with Crippen LogP contribution < -0.4 is 10.6 Å². The largest absolute Gasteiger partial charge is 0.470 e. The van der Waals surface area contributed by atoms with E-state index in [1.165, 1.54) is 186 Å². The normalized spacial score (nSPS) is 17.0. The van der Waals surface area contributed by atoms with Crippen LogP contribution in [0.15, 0.2) is 0 Å². The van der Waals surface area contributed by atoms with Gasteiger partial charge in [-0.1, -0.05) is 395 Å². The molecule has 0 spiro atoms. The minimum absolute atomic E-state index is 0.105. The molecule has 117 heavy (non-hydrogen) atoms. The molecule has 1 aliphatic rings. The second kappa shape index (κ2) is 78.7. The first kappa shape index (κ1) is 112. The Bertz CT molecular complexity index is 2380. The number of ether oxygens (including phenoxy) is 6. The Morgan fingerprint density at radius 2 is 0.650 bits per heavy atom. The van der Waals surface area contributed by atoms with Crippen LogP contribution in [0.2, 0.25) is 0 Å². The second-order valence-electron chi connectivity index (χ2n) is 35.1. The van der Waals surface area contributed by atoms with E-state index in [9.17, 15) is 48.5 Å². The second-order valence-corrected chi connectivity index (χ2v) is 36.3. The maximum Gasteiger partial charge on any atom is 0.470 e. The third-order valence-electron chi connectivity index (χ3n) is 23.9. The Hall–Kier alpha value is -3.23. The first-order valence-corrected chi connectivity index (χ1v) is 51.0. The maximum absolute atomic E-state index is 15.1. The summed E-state index contributed by atoms with van der Waals surface area (Å²) < 4.78 is 56.4. The number of aliphatic hydroxyl groups excluding tert-OH is 2. The number of hydrogen-bond acceptors (Lipinski definition) is 16. The van der Waals surface area contributed by atoms with Crippen LogP contribution in [0, 0.1) is 5.41 Å². The Morgan fingerprint density at radius 3 is 0.932 bits per heavy atom. The number of phosphoric ester groups is 1. The van der Waals surface area contributed by atoms with Gasteiger partial charge in [-0.05, 0) is 64.2 Å². The Balaban J connectivity index is 3.84. The number of unbranched alkanes of at least 4 members (excludes halogenated alkanes) is 54. The summed E-state index contributed by atoms with van der Waals surface area (Å²) in [5, 5.41) is 28.5. The van der Waals surface area contributed by atoms with Crippen molar-refractivity contribution < 1.29 is 86.3 Å². The number of phosphoric acid groups is 1. The third kappa shape index (κ3) is 65.1. The zero-order chi connectivity index (χ0) is 85.8. The van der Waals surface area contributed by atoms with Crippen LogP contribution in [0.25, 0.3) is 0 Å². The van der Waals surface area contributed by atoms with Gasteiger partial charge in [0.1, 0.15) is 36.6 Å². The molecule has 21 heteroatoms. The average Bonchev–Trinajstić information content (AvgIpc) is 0.777. The van der Waals surface area contributed by atoms with Gasteiger partial charge in [0.15, 0.2) is 12.4 Å². The summed E-state index contributed by atoms with van der Waals surface area (Å²) in [6.45, 7) is 13.1. The van der Waals surface area contributed by atoms with Gasteiger partial charge in [0, 0.05) is 31.2 Å². The van der Waals surface area contributed by atoms with Gasteiger partial charge >= 0.3 is 31.7 Å². The summed E-state index contributed by atoms with van der Waals surface area (Å²) in [7, 11) is -5.53. The number of amides is 2. The molecular formula is C96H183N2O18P. The fraction of sp³-hybridized carbons (Fsp3) is 0.938. The monoisotopic (exact) mass is 1680 g/mol. The van der Waals surface area contributed by atoms with Gasteiger partial charge < -0.3 is 59.1 Å². The van der Waals surface area contributed by atoms with E-state index in [1.807, 2.05) is 6.92 Å². The highest BCUT2D eigenvalue weighted by Gasteiger charge is 2.53. The maximum atomic E-state index is 15.1. The smallest absolute Gasteiger partial charge is 0.462 e. The lowest BCUT2D eigenvalue weighted by Crippen LogP contribution is -2.66. The van der Waals surface area contributed by atoms with E-state index in [4.69, 9.17) is 32.9 Å². The van der Waals surface area contributed by atoms with E-state index in [2.05, 4.69) is 52.2 Å². The van der Waals surface area contributed by atoms with E-state index in [0.717, 1.165) is 167 Å². The zero-order valence-electron chi connectivity index (χ0n) is 76.4. The van der Waals surface area contributed by atoms with Gasteiger partial charge in [-0.25, -0.2) is 4.57 Å². The first-order valence-electron chi connectivity index (χ1n) is 49.4.